The second-order valence-electron chi connectivity index (χ2n) is 3.19. The van der Waals surface area contributed by atoms with Crippen LogP contribution in [0, 0.1) is 0 Å². The molecule has 1 N–H and O–H groups in total. The predicted molar refractivity (Wildman–Crippen MR) is 60.4 cm³/mol. The van der Waals surface area contributed by atoms with Crippen LogP contribution in [0.3, 0.4) is 0 Å². The molecule has 0 amide bonds. The second kappa shape index (κ2) is 4.30. The van der Waals surface area contributed by atoms with Gasteiger partial charge in [0.2, 0.25) is 10.0 Å². The van der Waals surface area contributed by atoms with E-state index in [9.17, 15) is 16.8 Å². The van der Waals surface area contributed by atoms with Gasteiger partial charge >= 0.3 is 10.1 Å². The van der Waals surface area contributed by atoms with E-state index in [2.05, 4.69) is 8.91 Å². The monoisotopic (exact) mass is 265 g/mol. The minimum absolute atomic E-state index is 0.0520. The van der Waals surface area contributed by atoms with Crippen LogP contribution >= 0.6 is 0 Å². The highest BCUT2D eigenvalue weighted by atomic mass is 32.2. The van der Waals surface area contributed by atoms with Crippen LogP contribution in [-0.2, 0) is 20.1 Å². The zero-order valence-electron chi connectivity index (χ0n) is 8.67. The molecule has 0 aromatic heterocycles. The second-order valence-corrected chi connectivity index (χ2v) is 6.51. The van der Waals surface area contributed by atoms with E-state index in [4.69, 9.17) is 0 Å². The first-order valence-corrected chi connectivity index (χ1v) is 7.84. The van der Waals surface area contributed by atoms with Crippen molar-refractivity contribution < 1.29 is 21.0 Å². The van der Waals surface area contributed by atoms with Crippen molar-refractivity contribution in [2.45, 2.75) is 0 Å². The fourth-order valence-corrected chi connectivity index (χ4v) is 2.01. The molecule has 0 aliphatic carbocycles. The van der Waals surface area contributed by atoms with Gasteiger partial charge in [0.15, 0.2) is 0 Å². The van der Waals surface area contributed by atoms with Crippen molar-refractivity contribution in [1.82, 2.24) is 0 Å². The van der Waals surface area contributed by atoms with Crippen molar-refractivity contribution in [3.05, 3.63) is 24.3 Å². The smallest absolute Gasteiger partial charge is 0.306 e. The van der Waals surface area contributed by atoms with E-state index in [0.29, 0.717) is 0 Å². The maximum absolute atomic E-state index is 10.9. The van der Waals surface area contributed by atoms with Gasteiger partial charge in [-0.1, -0.05) is 6.07 Å². The lowest BCUT2D eigenvalue weighted by Crippen LogP contribution is -2.10. The highest BCUT2D eigenvalue weighted by Gasteiger charge is 2.06. The number of hydrogen-bond acceptors (Lipinski definition) is 5. The Hall–Kier alpha value is -1.28. The van der Waals surface area contributed by atoms with Gasteiger partial charge in [-0.25, -0.2) is 8.42 Å². The summed E-state index contributed by atoms with van der Waals surface area (Å²) in [6, 6.07) is 5.65. The van der Waals surface area contributed by atoms with Crippen molar-refractivity contribution in [2.24, 2.45) is 0 Å². The Morgan fingerprint density at radius 2 is 1.75 bits per heavy atom. The van der Waals surface area contributed by atoms with Gasteiger partial charge in [-0.15, -0.1) is 0 Å². The number of hydrogen-bond donors (Lipinski definition) is 1. The van der Waals surface area contributed by atoms with Crippen molar-refractivity contribution in [2.75, 3.05) is 17.2 Å². The van der Waals surface area contributed by atoms with E-state index in [-0.39, 0.29) is 11.4 Å². The van der Waals surface area contributed by atoms with Gasteiger partial charge < -0.3 is 4.18 Å². The van der Waals surface area contributed by atoms with Crippen LogP contribution in [0.2, 0.25) is 0 Å². The van der Waals surface area contributed by atoms with Crippen molar-refractivity contribution in [3.63, 3.8) is 0 Å². The van der Waals surface area contributed by atoms with Gasteiger partial charge in [0.1, 0.15) is 5.75 Å². The maximum atomic E-state index is 10.9. The molecule has 1 aromatic rings. The number of anilines is 1. The molecule has 1 rings (SSSR count). The Morgan fingerprint density at radius 3 is 2.25 bits per heavy atom. The number of sulfonamides is 1. The molecular weight excluding hydrogens is 254 g/mol. The summed E-state index contributed by atoms with van der Waals surface area (Å²) in [5.41, 5.74) is 0.239. The third kappa shape index (κ3) is 4.99. The summed E-state index contributed by atoms with van der Waals surface area (Å²) in [5, 5.41) is 0. The van der Waals surface area contributed by atoms with Gasteiger partial charge in [-0.3, -0.25) is 4.72 Å². The average Bonchev–Trinajstić information content (AvgIpc) is 1.96. The molecule has 1 aromatic carbocycles. The van der Waals surface area contributed by atoms with Gasteiger partial charge in [0, 0.05) is 6.07 Å². The summed E-state index contributed by atoms with van der Waals surface area (Å²) >= 11 is 0. The Kier molecular flexibility index (Phi) is 3.44. The van der Waals surface area contributed by atoms with Crippen LogP contribution in [0.5, 0.6) is 5.75 Å². The molecule has 0 radical (unpaired) electrons. The number of nitrogens with one attached hydrogen (secondary N) is 1. The standard InChI is InChI=1S/C8H11NO5S2/c1-15(10,11)9-7-4-3-5-8(6-7)14-16(2,12)13/h3-6,9H,1-2H3. The Balaban J connectivity index is 2.96. The summed E-state index contributed by atoms with van der Waals surface area (Å²) in [5.74, 6) is 0.0520. The zero-order chi connectivity index (χ0) is 12.4. The fourth-order valence-electron chi connectivity index (χ4n) is 1.00. The summed E-state index contributed by atoms with van der Waals surface area (Å²) in [4.78, 5) is 0. The fraction of sp³-hybridized carbons (Fsp3) is 0.250. The van der Waals surface area contributed by atoms with E-state index < -0.39 is 20.1 Å². The van der Waals surface area contributed by atoms with Crippen LogP contribution in [0.4, 0.5) is 5.69 Å². The Labute approximate surface area is 94.4 Å². The molecule has 0 aliphatic rings. The van der Waals surface area contributed by atoms with E-state index in [1.807, 2.05) is 0 Å². The van der Waals surface area contributed by atoms with Gasteiger partial charge in [0.25, 0.3) is 0 Å². The molecule has 0 atom stereocenters. The topological polar surface area (TPSA) is 89.5 Å². The molecular formula is C8H11NO5S2. The third-order valence-corrected chi connectivity index (χ3v) is 2.49. The van der Waals surface area contributed by atoms with Crippen LogP contribution in [0.25, 0.3) is 0 Å². The van der Waals surface area contributed by atoms with E-state index in [0.717, 1.165) is 12.5 Å². The van der Waals surface area contributed by atoms with Gasteiger partial charge in [-0.2, -0.15) is 8.42 Å². The normalized spacial score (nSPS) is 12.1. The van der Waals surface area contributed by atoms with E-state index in [1.165, 1.54) is 24.3 Å². The lowest BCUT2D eigenvalue weighted by molar-refractivity contribution is 0.493. The summed E-state index contributed by atoms with van der Waals surface area (Å²) in [6.45, 7) is 0. The average molecular weight is 265 g/mol. The maximum Gasteiger partial charge on any atom is 0.306 e. The van der Waals surface area contributed by atoms with Crippen molar-refractivity contribution >= 4 is 25.8 Å². The Morgan fingerprint density at radius 1 is 1.12 bits per heavy atom. The third-order valence-electron chi connectivity index (χ3n) is 1.38. The lowest BCUT2D eigenvalue weighted by atomic mass is 10.3. The number of benzene rings is 1. The molecule has 0 heterocycles. The SMILES string of the molecule is CS(=O)(=O)Nc1cccc(OS(C)(=O)=O)c1. The first kappa shape index (κ1) is 12.8. The van der Waals surface area contributed by atoms with Crippen LogP contribution in [0.15, 0.2) is 24.3 Å². The molecule has 90 valence electrons. The predicted octanol–water partition coefficient (Wildman–Crippen LogP) is 0.396. The molecule has 0 aliphatic heterocycles. The quantitative estimate of drug-likeness (QED) is 0.796. The largest absolute Gasteiger partial charge is 0.383 e. The van der Waals surface area contributed by atoms with Gasteiger partial charge in [0.05, 0.1) is 18.2 Å². The molecule has 0 unspecified atom stereocenters. The summed E-state index contributed by atoms with van der Waals surface area (Å²) < 4.78 is 50.3. The first-order chi connectivity index (χ1) is 7.16. The summed E-state index contributed by atoms with van der Waals surface area (Å²) in [7, 11) is -7.01. The number of rotatable bonds is 4. The molecule has 0 saturated carbocycles. The van der Waals surface area contributed by atoms with Crippen molar-refractivity contribution in [3.8, 4) is 5.75 Å². The minimum atomic E-state index is -3.61. The highest BCUT2D eigenvalue weighted by molar-refractivity contribution is 7.92. The molecule has 0 saturated heterocycles. The van der Waals surface area contributed by atoms with Gasteiger partial charge in [-0.05, 0) is 12.1 Å². The molecule has 0 spiro atoms. The zero-order valence-corrected chi connectivity index (χ0v) is 10.3. The minimum Gasteiger partial charge on any atom is -0.383 e. The highest BCUT2D eigenvalue weighted by Crippen LogP contribution is 2.19. The molecule has 0 bridgehead atoms. The van der Waals surface area contributed by atoms with Crippen LogP contribution in [-0.4, -0.2) is 29.3 Å². The molecule has 6 nitrogen and oxygen atoms in total. The van der Waals surface area contributed by atoms with E-state index >= 15 is 0 Å². The molecule has 8 heteroatoms. The lowest BCUT2D eigenvalue weighted by Gasteiger charge is -2.06. The Bertz CT molecular complexity index is 527. The summed E-state index contributed by atoms with van der Waals surface area (Å²) in [6.07, 6.45) is 1.90. The van der Waals surface area contributed by atoms with Crippen LogP contribution < -0.4 is 8.91 Å². The van der Waals surface area contributed by atoms with Crippen LogP contribution in [0.1, 0.15) is 0 Å². The first-order valence-electron chi connectivity index (χ1n) is 4.13. The molecule has 16 heavy (non-hydrogen) atoms. The molecule has 0 fully saturated rings. The van der Waals surface area contributed by atoms with E-state index in [1.54, 1.807) is 0 Å². The van der Waals surface area contributed by atoms with Crippen molar-refractivity contribution in [1.29, 1.82) is 0 Å².